The molecule has 3 N–H and O–H groups in total. The van der Waals surface area contributed by atoms with Crippen LogP contribution in [0, 0.1) is 0 Å². The highest BCUT2D eigenvalue weighted by Crippen LogP contribution is 2.26. The molecule has 1 atom stereocenters. The van der Waals surface area contributed by atoms with Crippen LogP contribution in [0.5, 0.6) is 11.5 Å². The molecule has 0 bridgehead atoms. The second-order valence-corrected chi connectivity index (χ2v) is 4.99. The summed E-state index contributed by atoms with van der Waals surface area (Å²) in [5.41, 5.74) is 0.920. The Morgan fingerprint density at radius 1 is 1.39 bits per heavy atom. The molecule has 0 saturated heterocycles. The van der Waals surface area contributed by atoms with Gasteiger partial charge in [0.15, 0.2) is 11.5 Å². The Morgan fingerprint density at radius 3 is 2.83 bits per heavy atom. The molecule has 1 unspecified atom stereocenters. The first-order chi connectivity index (χ1) is 11.1. The van der Waals surface area contributed by atoms with Gasteiger partial charge < -0.3 is 19.9 Å². The lowest BCUT2D eigenvalue weighted by molar-refractivity contribution is 0.0909. The number of para-hydroxylation sites is 2. The van der Waals surface area contributed by atoms with Crippen molar-refractivity contribution in [1.29, 1.82) is 0 Å². The minimum Gasteiger partial charge on any atom is -0.493 e. The normalized spacial score (nSPS) is 11.8. The number of carbonyl (C=O) groups excluding carboxylic acids is 1. The van der Waals surface area contributed by atoms with Crippen molar-refractivity contribution in [2.75, 3.05) is 13.7 Å². The number of benzene rings is 1. The summed E-state index contributed by atoms with van der Waals surface area (Å²) in [6, 6.07) is 8.93. The molecular weight excluding hydrogens is 298 g/mol. The molecular formula is C16H21N3O4. The van der Waals surface area contributed by atoms with Crippen LogP contribution in [0.15, 0.2) is 30.3 Å². The molecule has 0 saturated carbocycles. The highest BCUT2D eigenvalue weighted by molar-refractivity contribution is 5.92. The molecule has 0 fully saturated rings. The number of aliphatic hydroxyl groups excluding tert-OH is 1. The Morgan fingerprint density at radius 2 is 2.13 bits per heavy atom. The summed E-state index contributed by atoms with van der Waals surface area (Å²) >= 11 is 0. The highest BCUT2D eigenvalue weighted by Gasteiger charge is 2.12. The molecule has 1 amide bonds. The predicted octanol–water partition coefficient (Wildman–Crippen LogP) is 1.50. The number of aliphatic hydroxyl groups is 1. The first-order valence-electron chi connectivity index (χ1n) is 7.40. The third-order valence-corrected chi connectivity index (χ3v) is 3.29. The van der Waals surface area contributed by atoms with Crippen LogP contribution < -0.4 is 14.8 Å². The fourth-order valence-electron chi connectivity index (χ4n) is 1.89. The van der Waals surface area contributed by atoms with Gasteiger partial charge in [-0.15, -0.1) is 0 Å². The van der Waals surface area contributed by atoms with Crippen LogP contribution in [0.25, 0.3) is 0 Å². The zero-order chi connectivity index (χ0) is 16.7. The summed E-state index contributed by atoms with van der Waals surface area (Å²) < 4.78 is 10.9. The van der Waals surface area contributed by atoms with Crippen molar-refractivity contribution in [3.05, 3.63) is 41.7 Å². The first kappa shape index (κ1) is 16.8. The minimum atomic E-state index is -0.550. The van der Waals surface area contributed by atoms with Gasteiger partial charge in [-0.2, -0.15) is 5.10 Å². The monoisotopic (exact) mass is 319 g/mol. The van der Waals surface area contributed by atoms with Crippen molar-refractivity contribution in [2.45, 2.75) is 26.1 Å². The van der Waals surface area contributed by atoms with E-state index in [0.29, 0.717) is 23.6 Å². The molecule has 1 heterocycles. The van der Waals surface area contributed by atoms with E-state index in [1.807, 2.05) is 19.1 Å². The smallest absolute Gasteiger partial charge is 0.271 e. The van der Waals surface area contributed by atoms with Crippen molar-refractivity contribution in [3.63, 3.8) is 0 Å². The fraction of sp³-hybridized carbons (Fsp3) is 0.375. The van der Waals surface area contributed by atoms with Gasteiger partial charge in [-0.25, -0.2) is 0 Å². The molecule has 0 aliphatic rings. The Kier molecular flexibility index (Phi) is 5.99. The minimum absolute atomic E-state index is 0.204. The number of aromatic amines is 1. The van der Waals surface area contributed by atoms with E-state index in [2.05, 4.69) is 15.5 Å². The Balaban J connectivity index is 1.90. The third-order valence-electron chi connectivity index (χ3n) is 3.29. The molecule has 1 aromatic carbocycles. The number of methoxy groups -OCH3 is 1. The maximum atomic E-state index is 11.9. The average molecular weight is 319 g/mol. The molecule has 7 nitrogen and oxygen atoms in total. The van der Waals surface area contributed by atoms with Gasteiger partial charge in [0.25, 0.3) is 5.91 Å². The molecule has 124 valence electrons. The zero-order valence-corrected chi connectivity index (χ0v) is 13.2. The number of rotatable bonds is 8. The molecule has 0 aliphatic carbocycles. The van der Waals surface area contributed by atoms with E-state index in [4.69, 9.17) is 9.47 Å². The number of ether oxygens (including phenoxy) is 2. The maximum absolute atomic E-state index is 11.9. The van der Waals surface area contributed by atoms with Crippen LogP contribution in [0.2, 0.25) is 0 Å². The predicted molar refractivity (Wildman–Crippen MR) is 84.5 cm³/mol. The number of hydrogen-bond donors (Lipinski definition) is 3. The summed E-state index contributed by atoms with van der Waals surface area (Å²) in [7, 11) is 1.57. The van der Waals surface area contributed by atoms with E-state index < -0.39 is 6.10 Å². The third kappa shape index (κ3) is 4.72. The van der Waals surface area contributed by atoms with E-state index in [0.717, 1.165) is 0 Å². The van der Waals surface area contributed by atoms with Crippen molar-refractivity contribution in [2.24, 2.45) is 0 Å². The number of aromatic nitrogens is 2. The van der Waals surface area contributed by atoms with Gasteiger partial charge in [-0.05, 0) is 24.6 Å². The number of amides is 1. The van der Waals surface area contributed by atoms with Crippen LogP contribution in [-0.4, -0.2) is 41.0 Å². The second kappa shape index (κ2) is 8.19. The first-order valence-corrected chi connectivity index (χ1v) is 7.40. The fourth-order valence-corrected chi connectivity index (χ4v) is 1.89. The van der Waals surface area contributed by atoms with Crippen LogP contribution in [-0.2, 0) is 6.61 Å². The quantitative estimate of drug-likeness (QED) is 0.685. The summed E-state index contributed by atoms with van der Waals surface area (Å²) in [5.74, 6) is 0.914. The van der Waals surface area contributed by atoms with E-state index in [1.54, 1.807) is 25.3 Å². The molecule has 0 radical (unpaired) electrons. The summed E-state index contributed by atoms with van der Waals surface area (Å²) in [6.07, 6.45) is 0.0324. The van der Waals surface area contributed by atoms with E-state index in [-0.39, 0.29) is 24.8 Å². The summed E-state index contributed by atoms with van der Waals surface area (Å²) in [4.78, 5) is 11.9. The van der Waals surface area contributed by atoms with Gasteiger partial charge in [-0.1, -0.05) is 19.1 Å². The standard InChI is InChI=1S/C16H21N3O4/c1-3-12(20)9-17-16(21)13-8-11(18-19-13)10-23-15-7-5-4-6-14(15)22-2/h4-8,12,20H,3,9-10H2,1-2H3,(H,17,21)(H,18,19). The van der Waals surface area contributed by atoms with Crippen LogP contribution >= 0.6 is 0 Å². The van der Waals surface area contributed by atoms with Gasteiger partial charge in [0, 0.05) is 6.54 Å². The van der Waals surface area contributed by atoms with Crippen molar-refractivity contribution < 1.29 is 19.4 Å². The molecule has 1 aromatic heterocycles. The van der Waals surface area contributed by atoms with Gasteiger partial charge in [-0.3, -0.25) is 9.89 Å². The molecule has 0 aliphatic heterocycles. The largest absolute Gasteiger partial charge is 0.493 e. The maximum Gasteiger partial charge on any atom is 0.271 e. The van der Waals surface area contributed by atoms with Crippen LogP contribution in [0.3, 0.4) is 0 Å². The van der Waals surface area contributed by atoms with Gasteiger partial charge in [0.05, 0.1) is 18.9 Å². The Bertz CT molecular complexity index is 642. The lowest BCUT2D eigenvalue weighted by atomic mass is 10.2. The lowest BCUT2D eigenvalue weighted by Crippen LogP contribution is -2.31. The van der Waals surface area contributed by atoms with Crippen LogP contribution in [0.1, 0.15) is 29.5 Å². The molecule has 23 heavy (non-hydrogen) atoms. The van der Waals surface area contributed by atoms with Gasteiger partial charge >= 0.3 is 0 Å². The molecule has 0 spiro atoms. The van der Waals surface area contributed by atoms with Gasteiger partial charge in [0.2, 0.25) is 0 Å². The highest BCUT2D eigenvalue weighted by atomic mass is 16.5. The zero-order valence-electron chi connectivity index (χ0n) is 13.2. The topological polar surface area (TPSA) is 96.5 Å². The van der Waals surface area contributed by atoms with E-state index in [1.165, 1.54) is 0 Å². The molecule has 2 rings (SSSR count). The number of nitrogens with one attached hydrogen (secondary N) is 2. The number of hydrogen-bond acceptors (Lipinski definition) is 5. The SMILES string of the molecule is CCC(O)CNC(=O)c1cc(COc2ccccc2OC)[nH]n1. The number of H-pyrrole nitrogens is 1. The summed E-state index contributed by atoms with van der Waals surface area (Å²) in [6.45, 7) is 2.28. The molecule has 2 aromatic rings. The Hall–Kier alpha value is -2.54. The van der Waals surface area contributed by atoms with Crippen molar-refractivity contribution in [1.82, 2.24) is 15.5 Å². The van der Waals surface area contributed by atoms with E-state index >= 15 is 0 Å². The van der Waals surface area contributed by atoms with Crippen molar-refractivity contribution in [3.8, 4) is 11.5 Å². The van der Waals surface area contributed by atoms with Gasteiger partial charge in [0.1, 0.15) is 12.3 Å². The Labute approximate surface area is 134 Å². The van der Waals surface area contributed by atoms with Crippen molar-refractivity contribution >= 4 is 5.91 Å². The molecule has 7 heteroatoms. The number of nitrogens with zero attached hydrogens (tertiary/aromatic N) is 1. The summed E-state index contributed by atoms with van der Waals surface area (Å²) in [5, 5.41) is 18.8. The number of carbonyl (C=O) groups is 1. The van der Waals surface area contributed by atoms with E-state index in [9.17, 15) is 9.90 Å². The lowest BCUT2D eigenvalue weighted by Gasteiger charge is -2.09. The average Bonchev–Trinajstić information content (AvgIpc) is 3.06. The second-order valence-electron chi connectivity index (χ2n) is 4.99. The van der Waals surface area contributed by atoms with Crippen LogP contribution in [0.4, 0.5) is 0 Å².